The lowest BCUT2D eigenvalue weighted by molar-refractivity contribution is 0.102. The van der Waals surface area contributed by atoms with Gasteiger partial charge in [-0.25, -0.2) is 4.99 Å². The Balaban J connectivity index is 1.41. The van der Waals surface area contributed by atoms with E-state index in [9.17, 15) is 4.79 Å². The molecule has 0 aliphatic heterocycles. The van der Waals surface area contributed by atoms with Crippen molar-refractivity contribution in [3.8, 4) is 0 Å². The molecule has 0 saturated heterocycles. The minimum Gasteiger partial charge on any atom is -0.340 e. The summed E-state index contributed by atoms with van der Waals surface area (Å²) in [6.07, 6.45) is 4.88. The molecule has 0 fully saturated rings. The second-order valence-corrected chi connectivity index (χ2v) is 14.3. The van der Waals surface area contributed by atoms with Crippen molar-refractivity contribution in [3.05, 3.63) is 116 Å². The fraction of sp³-hybridized carbons (Fsp3) is 0.278. The SMILES string of the molecule is Cc1c(C=Nc2sc3c(c2C(=O)Nc2ccccc2)CC[C@@H](C(C)(C)C)C3)c2ccccc2n1Cc1ccc(Cl)cc1Cl. The van der Waals surface area contributed by atoms with Crippen molar-refractivity contribution in [1.82, 2.24) is 4.57 Å². The monoisotopic (exact) mass is 627 g/mol. The van der Waals surface area contributed by atoms with Crippen molar-refractivity contribution in [2.45, 2.75) is 53.5 Å². The maximum absolute atomic E-state index is 13.8. The van der Waals surface area contributed by atoms with Gasteiger partial charge in [0, 0.05) is 55.5 Å². The maximum Gasteiger partial charge on any atom is 0.259 e. The Labute approximate surface area is 267 Å². The zero-order chi connectivity index (χ0) is 30.3. The van der Waals surface area contributed by atoms with E-state index >= 15 is 0 Å². The van der Waals surface area contributed by atoms with E-state index < -0.39 is 0 Å². The number of thiophene rings is 1. The summed E-state index contributed by atoms with van der Waals surface area (Å²) in [6, 6.07) is 23.6. The number of aromatic nitrogens is 1. The average molecular weight is 629 g/mol. The van der Waals surface area contributed by atoms with Crippen molar-refractivity contribution < 1.29 is 4.79 Å². The number of para-hydroxylation sites is 2. The molecular formula is C36H35Cl2N3OS. The Bertz CT molecular complexity index is 1850. The molecule has 7 heteroatoms. The average Bonchev–Trinajstić information content (AvgIpc) is 3.47. The molecule has 0 radical (unpaired) electrons. The Morgan fingerprint density at radius 1 is 1.07 bits per heavy atom. The normalized spacial score (nSPS) is 15.3. The number of hydrogen-bond acceptors (Lipinski definition) is 3. The molecule has 43 heavy (non-hydrogen) atoms. The van der Waals surface area contributed by atoms with Crippen LogP contribution in [0.5, 0.6) is 0 Å². The van der Waals surface area contributed by atoms with E-state index in [2.05, 4.69) is 49.7 Å². The predicted molar refractivity (Wildman–Crippen MR) is 183 cm³/mol. The number of carbonyl (C=O) groups is 1. The van der Waals surface area contributed by atoms with Gasteiger partial charge in [0.15, 0.2) is 0 Å². The molecule has 6 rings (SSSR count). The van der Waals surface area contributed by atoms with Gasteiger partial charge in [0.1, 0.15) is 5.00 Å². The highest BCUT2D eigenvalue weighted by Crippen LogP contribution is 2.45. The van der Waals surface area contributed by atoms with Gasteiger partial charge in [0.25, 0.3) is 5.91 Å². The van der Waals surface area contributed by atoms with Crippen LogP contribution < -0.4 is 5.32 Å². The number of rotatable bonds is 6. The maximum atomic E-state index is 13.8. The molecule has 3 aromatic carbocycles. The van der Waals surface area contributed by atoms with E-state index in [4.69, 9.17) is 28.2 Å². The molecule has 2 aromatic heterocycles. The number of anilines is 1. The van der Waals surface area contributed by atoms with Gasteiger partial charge in [0.05, 0.1) is 5.56 Å². The number of nitrogens with zero attached hydrogens (tertiary/aromatic N) is 2. The van der Waals surface area contributed by atoms with E-state index in [1.54, 1.807) is 17.4 Å². The van der Waals surface area contributed by atoms with E-state index in [-0.39, 0.29) is 11.3 Å². The Morgan fingerprint density at radius 3 is 2.56 bits per heavy atom. The van der Waals surface area contributed by atoms with Crippen molar-refractivity contribution in [2.75, 3.05) is 5.32 Å². The minimum absolute atomic E-state index is 0.0958. The van der Waals surface area contributed by atoms with Crippen LogP contribution in [0.25, 0.3) is 10.9 Å². The third kappa shape index (κ3) is 6.04. The number of aliphatic imine (C=N–C) groups is 1. The molecular weight excluding hydrogens is 593 g/mol. The molecule has 1 aliphatic carbocycles. The van der Waals surface area contributed by atoms with Crippen LogP contribution in [0.4, 0.5) is 10.7 Å². The van der Waals surface area contributed by atoms with E-state index in [0.717, 1.165) is 63.2 Å². The molecule has 0 spiro atoms. The first-order valence-corrected chi connectivity index (χ1v) is 16.2. The summed E-state index contributed by atoms with van der Waals surface area (Å²) in [7, 11) is 0. The molecule has 4 nitrogen and oxygen atoms in total. The van der Waals surface area contributed by atoms with Crippen LogP contribution in [0.3, 0.4) is 0 Å². The fourth-order valence-electron chi connectivity index (χ4n) is 6.12. The number of hydrogen-bond donors (Lipinski definition) is 1. The summed E-state index contributed by atoms with van der Waals surface area (Å²) >= 11 is 14.4. The summed E-state index contributed by atoms with van der Waals surface area (Å²) in [4.78, 5) is 20.1. The van der Waals surface area contributed by atoms with Gasteiger partial charge < -0.3 is 9.88 Å². The van der Waals surface area contributed by atoms with Crippen LogP contribution >= 0.6 is 34.5 Å². The first-order valence-electron chi connectivity index (χ1n) is 14.7. The predicted octanol–water partition coefficient (Wildman–Crippen LogP) is 10.5. The third-order valence-electron chi connectivity index (χ3n) is 8.66. The van der Waals surface area contributed by atoms with Crippen LogP contribution in [0.1, 0.15) is 64.8 Å². The highest BCUT2D eigenvalue weighted by Gasteiger charge is 2.33. The van der Waals surface area contributed by atoms with Crippen LogP contribution in [0.15, 0.2) is 77.8 Å². The number of halogens is 2. The first kappa shape index (κ1) is 29.7. The van der Waals surface area contributed by atoms with Crippen LogP contribution in [-0.4, -0.2) is 16.7 Å². The molecule has 0 saturated carbocycles. The highest BCUT2D eigenvalue weighted by molar-refractivity contribution is 7.16. The van der Waals surface area contributed by atoms with Gasteiger partial charge in [0.2, 0.25) is 0 Å². The standard InChI is InChI=1S/C36H35Cl2N3OS/c1-22-29(27-12-8-9-13-31(27)41(22)21-23-14-16-25(37)19-30(23)38)20-39-35-33(34(42)40-26-10-6-5-7-11-26)28-17-15-24(36(2,3)4)18-32(28)43-35/h5-14,16,19-20,24H,15,17-18,21H2,1-4H3,(H,40,42)/t24-/m1/s1. The number of carbonyl (C=O) groups excluding carboxylic acids is 1. The molecule has 0 bridgehead atoms. The number of nitrogens with one attached hydrogen (secondary N) is 1. The van der Waals surface area contributed by atoms with Crippen LogP contribution in [0.2, 0.25) is 10.0 Å². The summed E-state index contributed by atoms with van der Waals surface area (Å²) in [5.41, 5.74) is 7.08. The Kier molecular flexibility index (Phi) is 8.25. The second-order valence-electron chi connectivity index (χ2n) is 12.4. The van der Waals surface area contributed by atoms with Crippen molar-refractivity contribution in [3.63, 3.8) is 0 Å². The largest absolute Gasteiger partial charge is 0.340 e. The summed E-state index contributed by atoms with van der Waals surface area (Å²) in [6.45, 7) is 9.67. The molecule has 1 aliphatic rings. The Hall–Kier alpha value is -3.38. The third-order valence-corrected chi connectivity index (χ3v) is 10.4. The molecule has 2 heterocycles. The van der Waals surface area contributed by atoms with E-state index in [1.165, 1.54) is 4.88 Å². The zero-order valence-corrected chi connectivity index (χ0v) is 27.2. The quantitative estimate of drug-likeness (QED) is 0.187. The number of amides is 1. The first-order chi connectivity index (χ1) is 20.6. The lowest BCUT2D eigenvalue weighted by atomic mass is 9.72. The molecule has 1 atom stereocenters. The number of benzene rings is 3. The van der Waals surface area contributed by atoms with E-state index in [1.807, 2.05) is 60.8 Å². The molecule has 1 N–H and O–H groups in total. The van der Waals surface area contributed by atoms with Gasteiger partial charge in [-0.1, -0.05) is 86.4 Å². The topological polar surface area (TPSA) is 46.4 Å². The van der Waals surface area contributed by atoms with Gasteiger partial charge in [-0.3, -0.25) is 4.79 Å². The van der Waals surface area contributed by atoms with Crippen LogP contribution in [0, 0.1) is 18.3 Å². The van der Waals surface area contributed by atoms with Crippen molar-refractivity contribution in [1.29, 1.82) is 0 Å². The number of fused-ring (bicyclic) bond motifs is 2. The highest BCUT2D eigenvalue weighted by atomic mass is 35.5. The molecule has 0 unspecified atom stereocenters. The summed E-state index contributed by atoms with van der Waals surface area (Å²) in [5, 5.41) is 6.27. The zero-order valence-electron chi connectivity index (χ0n) is 24.9. The van der Waals surface area contributed by atoms with Crippen molar-refractivity contribution in [2.24, 2.45) is 16.3 Å². The molecule has 220 valence electrons. The molecule has 5 aromatic rings. The minimum atomic E-state index is -0.0958. The lowest BCUT2D eigenvalue weighted by Crippen LogP contribution is -2.27. The van der Waals surface area contributed by atoms with Gasteiger partial charge in [-0.2, -0.15) is 0 Å². The van der Waals surface area contributed by atoms with Crippen molar-refractivity contribution >= 4 is 68.3 Å². The summed E-state index contributed by atoms with van der Waals surface area (Å²) in [5.74, 6) is 0.474. The smallest absolute Gasteiger partial charge is 0.259 e. The van der Waals surface area contributed by atoms with Gasteiger partial charge in [-0.05, 0) is 79.0 Å². The van der Waals surface area contributed by atoms with Crippen LogP contribution in [-0.2, 0) is 19.4 Å². The van der Waals surface area contributed by atoms with Gasteiger partial charge >= 0.3 is 0 Å². The van der Waals surface area contributed by atoms with E-state index in [0.29, 0.717) is 28.1 Å². The second kappa shape index (κ2) is 12.0. The summed E-state index contributed by atoms with van der Waals surface area (Å²) < 4.78 is 2.27. The Morgan fingerprint density at radius 2 is 1.81 bits per heavy atom. The molecule has 1 amide bonds. The van der Waals surface area contributed by atoms with Gasteiger partial charge in [-0.15, -0.1) is 11.3 Å². The fourth-order valence-corrected chi connectivity index (χ4v) is 7.86. The lowest BCUT2D eigenvalue weighted by Gasteiger charge is -2.33.